The Hall–Kier alpha value is -2.11. The molecule has 0 aromatic heterocycles. The van der Waals surface area contributed by atoms with Crippen molar-refractivity contribution in [1.29, 1.82) is 0 Å². The fourth-order valence-electron chi connectivity index (χ4n) is 2.82. The molecule has 2 N–H and O–H groups in total. The number of benzene rings is 2. The van der Waals surface area contributed by atoms with Gasteiger partial charge in [-0.25, -0.2) is 4.39 Å². The molecule has 0 radical (unpaired) electrons. The van der Waals surface area contributed by atoms with Crippen molar-refractivity contribution in [2.24, 2.45) is 0 Å². The molecule has 0 spiro atoms. The van der Waals surface area contributed by atoms with Crippen molar-refractivity contribution >= 4 is 24.0 Å². The van der Waals surface area contributed by atoms with Gasteiger partial charge in [0.1, 0.15) is 11.6 Å². The van der Waals surface area contributed by atoms with E-state index >= 15 is 0 Å². The average Bonchev–Trinajstić information content (AvgIpc) is 2.58. The molecule has 4 nitrogen and oxygen atoms in total. The van der Waals surface area contributed by atoms with Crippen molar-refractivity contribution in [3.05, 3.63) is 58.4 Å². The van der Waals surface area contributed by atoms with Gasteiger partial charge < -0.3 is 15.4 Å². The molecule has 1 aliphatic heterocycles. The lowest BCUT2D eigenvalue weighted by Crippen LogP contribution is -2.26. The molecule has 3 rings (SSSR count). The van der Waals surface area contributed by atoms with E-state index in [9.17, 15) is 9.18 Å². The lowest BCUT2D eigenvalue weighted by Gasteiger charge is -2.19. The molecular weight excluding hydrogens is 343 g/mol. The first-order valence-corrected chi connectivity index (χ1v) is 8.05. The fourth-order valence-corrected chi connectivity index (χ4v) is 2.82. The summed E-state index contributed by atoms with van der Waals surface area (Å²) >= 11 is 0. The van der Waals surface area contributed by atoms with Crippen LogP contribution in [-0.4, -0.2) is 19.1 Å². The number of aryl methyl sites for hydroxylation is 2. The maximum absolute atomic E-state index is 14.5. The van der Waals surface area contributed by atoms with Gasteiger partial charge in [0.15, 0.2) is 6.61 Å². The Morgan fingerprint density at radius 1 is 1.28 bits per heavy atom. The molecule has 2 aromatic rings. The van der Waals surface area contributed by atoms with Gasteiger partial charge in [-0.05, 0) is 61.2 Å². The molecule has 0 saturated heterocycles. The second kappa shape index (κ2) is 8.32. The Bertz CT molecular complexity index is 780. The van der Waals surface area contributed by atoms with Crippen LogP contribution < -0.4 is 15.4 Å². The maximum Gasteiger partial charge on any atom is 0.262 e. The second-order valence-electron chi connectivity index (χ2n) is 6.10. The van der Waals surface area contributed by atoms with Crippen molar-refractivity contribution in [3.8, 4) is 5.75 Å². The van der Waals surface area contributed by atoms with Gasteiger partial charge in [0.05, 0.1) is 5.69 Å². The first-order valence-electron chi connectivity index (χ1n) is 8.05. The number of fused-ring (bicyclic) bond motifs is 1. The van der Waals surface area contributed by atoms with Crippen molar-refractivity contribution in [2.75, 3.05) is 18.5 Å². The summed E-state index contributed by atoms with van der Waals surface area (Å²) in [7, 11) is 0. The third-order valence-corrected chi connectivity index (χ3v) is 4.18. The number of amides is 1. The van der Waals surface area contributed by atoms with Crippen molar-refractivity contribution in [3.63, 3.8) is 0 Å². The number of halogens is 2. The molecule has 0 bridgehead atoms. The smallest absolute Gasteiger partial charge is 0.262 e. The van der Waals surface area contributed by atoms with Crippen LogP contribution in [0.15, 0.2) is 30.3 Å². The largest absolute Gasteiger partial charge is 0.483 e. The zero-order chi connectivity index (χ0) is 17.1. The average molecular weight is 365 g/mol. The Balaban J connectivity index is 0.00000225. The van der Waals surface area contributed by atoms with Crippen molar-refractivity contribution in [2.45, 2.75) is 26.8 Å². The van der Waals surface area contributed by atoms with Gasteiger partial charge in [-0.3, -0.25) is 4.79 Å². The number of carbonyl (C=O) groups is 1. The molecule has 0 unspecified atom stereocenters. The molecule has 6 heteroatoms. The molecule has 1 aliphatic rings. The molecule has 25 heavy (non-hydrogen) atoms. The Kier molecular flexibility index (Phi) is 6.39. The number of hydrogen-bond donors (Lipinski definition) is 2. The molecule has 2 aromatic carbocycles. The highest BCUT2D eigenvalue weighted by Gasteiger charge is 2.17. The lowest BCUT2D eigenvalue weighted by molar-refractivity contribution is -0.118. The van der Waals surface area contributed by atoms with Gasteiger partial charge in [-0.2, -0.15) is 0 Å². The second-order valence-corrected chi connectivity index (χ2v) is 6.10. The molecule has 0 aliphatic carbocycles. The quantitative estimate of drug-likeness (QED) is 0.872. The van der Waals surface area contributed by atoms with Crippen LogP contribution in [0.25, 0.3) is 0 Å². The number of rotatable bonds is 4. The highest BCUT2D eigenvalue weighted by atomic mass is 35.5. The van der Waals surface area contributed by atoms with E-state index in [4.69, 9.17) is 4.74 Å². The van der Waals surface area contributed by atoms with E-state index in [1.54, 1.807) is 6.07 Å². The number of ether oxygens (including phenoxy) is 1. The van der Waals surface area contributed by atoms with Gasteiger partial charge >= 0.3 is 0 Å². The summed E-state index contributed by atoms with van der Waals surface area (Å²) in [6.07, 6.45) is 0.629. The zero-order valence-electron chi connectivity index (χ0n) is 14.3. The summed E-state index contributed by atoms with van der Waals surface area (Å²) in [5.41, 5.74) is 3.86. The minimum Gasteiger partial charge on any atom is -0.483 e. The van der Waals surface area contributed by atoms with E-state index in [0.29, 0.717) is 24.3 Å². The van der Waals surface area contributed by atoms with Crippen LogP contribution in [0.1, 0.15) is 22.3 Å². The monoisotopic (exact) mass is 364 g/mol. The SMILES string of the molecule is Cc1ccc(C)c(OCC(=O)Nc2ccc3c(c2F)CCNC3)c1.Cl. The van der Waals surface area contributed by atoms with Crippen LogP contribution in [0, 0.1) is 19.7 Å². The first-order chi connectivity index (χ1) is 11.5. The molecule has 0 fully saturated rings. The van der Waals surface area contributed by atoms with Gasteiger partial charge in [-0.1, -0.05) is 18.2 Å². The van der Waals surface area contributed by atoms with E-state index < -0.39 is 0 Å². The Morgan fingerprint density at radius 3 is 2.88 bits per heavy atom. The van der Waals surface area contributed by atoms with Crippen molar-refractivity contribution < 1.29 is 13.9 Å². The summed E-state index contributed by atoms with van der Waals surface area (Å²) in [4.78, 5) is 12.1. The minimum atomic E-state index is -0.372. The topological polar surface area (TPSA) is 50.4 Å². The zero-order valence-corrected chi connectivity index (χ0v) is 15.1. The van der Waals surface area contributed by atoms with Crippen LogP contribution in [0.4, 0.5) is 10.1 Å². The summed E-state index contributed by atoms with van der Waals surface area (Å²) in [6, 6.07) is 9.27. The summed E-state index contributed by atoms with van der Waals surface area (Å²) in [6.45, 7) is 5.14. The number of anilines is 1. The maximum atomic E-state index is 14.5. The van der Waals surface area contributed by atoms with E-state index in [2.05, 4.69) is 10.6 Å². The van der Waals surface area contributed by atoms with Crippen LogP contribution >= 0.6 is 12.4 Å². The summed E-state index contributed by atoms with van der Waals surface area (Å²) in [5.74, 6) is -0.0417. The summed E-state index contributed by atoms with van der Waals surface area (Å²) < 4.78 is 20.1. The van der Waals surface area contributed by atoms with Crippen LogP contribution in [0.2, 0.25) is 0 Å². The molecule has 1 heterocycles. The van der Waals surface area contributed by atoms with Crippen LogP contribution in [0.3, 0.4) is 0 Å². The Morgan fingerprint density at radius 2 is 2.08 bits per heavy atom. The predicted octanol–water partition coefficient (Wildman–Crippen LogP) is 3.53. The van der Waals surface area contributed by atoms with E-state index in [0.717, 1.165) is 23.2 Å². The molecule has 1 amide bonds. The number of nitrogens with one attached hydrogen (secondary N) is 2. The molecule has 0 saturated carbocycles. The van der Waals surface area contributed by atoms with Gasteiger partial charge in [0.2, 0.25) is 0 Å². The van der Waals surface area contributed by atoms with Crippen LogP contribution in [0.5, 0.6) is 5.75 Å². The normalized spacial score (nSPS) is 12.8. The number of carbonyl (C=O) groups excluding carboxylic acids is 1. The van der Waals surface area contributed by atoms with Gasteiger partial charge in [0.25, 0.3) is 5.91 Å². The fraction of sp³-hybridized carbons (Fsp3) is 0.316. The van der Waals surface area contributed by atoms with E-state index in [-0.39, 0.29) is 36.4 Å². The summed E-state index contributed by atoms with van der Waals surface area (Å²) in [5, 5.41) is 5.81. The van der Waals surface area contributed by atoms with E-state index in [1.165, 1.54) is 0 Å². The molecule has 0 atom stereocenters. The molecule has 134 valence electrons. The predicted molar refractivity (Wildman–Crippen MR) is 99.1 cm³/mol. The van der Waals surface area contributed by atoms with E-state index in [1.807, 2.05) is 38.1 Å². The highest BCUT2D eigenvalue weighted by Crippen LogP contribution is 2.24. The lowest BCUT2D eigenvalue weighted by atomic mass is 9.99. The molecular formula is C19H22ClFN2O2. The number of hydrogen-bond acceptors (Lipinski definition) is 3. The third-order valence-electron chi connectivity index (χ3n) is 4.18. The van der Waals surface area contributed by atoms with Crippen molar-refractivity contribution in [1.82, 2.24) is 5.32 Å². The van der Waals surface area contributed by atoms with Gasteiger partial charge in [-0.15, -0.1) is 12.4 Å². The minimum absolute atomic E-state index is 0. The third kappa shape index (κ3) is 4.50. The first kappa shape index (κ1) is 19.2. The standard InChI is InChI=1S/C19H21FN2O2.ClH/c1-12-3-4-13(2)17(9-12)24-11-18(23)22-16-6-5-14-10-21-8-7-15(14)19(16)20;/h3-6,9,21H,7-8,10-11H2,1-2H3,(H,22,23);1H. The highest BCUT2D eigenvalue weighted by molar-refractivity contribution is 5.92. The van der Waals surface area contributed by atoms with Gasteiger partial charge in [0, 0.05) is 6.54 Å². The van der Waals surface area contributed by atoms with Crippen LogP contribution in [-0.2, 0) is 17.8 Å². The Labute approximate surface area is 153 Å².